The first-order valence-corrected chi connectivity index (χ1v) is 8.67. The molecule has 0 aromatic carbocycles. The van der Waals surface area contributed by atoms with Gasteiger partial charge in [0.15, 0.2) is 0 Å². The molecule has 0 spiro atoms. The molecular weight excluding hydrogens is 288 g/mol. The number of carbonyl (C=O) groups is 1. The molecule has 2 rings (SSSR count). The fourth-order valence-electron chi connectivity index (χ4n) is 3.59. The molecule has 0 aliphatic carbocycles. The molecule has 5 nitrogen and oxygen atoms in total. The fourth-order valence-corrected chi connectivity index (χ4v) is 3.59. The molecule has 0 radical (unpaired) electrons. The van der Waals surface area contributed by atoms with Gasteiger partial charge in [-0.15, -0.1) is 0 Å². The zero-order chi connectivity index (χ0) is 16.7. The maximum absolute atomic E-state index is 12.6. The Hall–Kier alpha value is -1.62. The summed E-state index contributed by atoms with van der Waals surface area (Å²) in [6, 6.07) is 0.449. The summed E-state index contributed by atoms with van der Waals surface area (Å²) in [5.41, 5.74) is 0.784. The van der Waals surface area contributed by atoms with Crippen LogP contribution >= 0.6 is 0 Å². The normalized spacial score (nSPS) is 24.3. The molecule has 1 atom stereocenters. The van der Waals surface area contributed by atoms with E-state index in [9.17, 15) is 4.79 Å². The van der Waals surface area contributed by atoms with E-state index in [0.29, 0.717) is 18.5 Å². The summed E-state index contributed by atoms with van der Waals surface area (Å²) < 4.78 is 0. The monoisotopic (exact) mass is 318 g/mol. The third-order valence-electron chi connectivity index (χ3n) is 4.97. The molecule has 2 fully saturated rings. The largest absolute Gasteiger partial charge is 0.332 e. The van der Waals surface area contributed by atoms with Crippen LogP contribution in [0.1, 0.15) is 32.6 Å². The average molecular weight is 318 g/mol. The van der Waals surface area contributed by atoms with E-state index in [1.165, 1.54) is 12.8 Å². The van der Waals surface area contributed by atoms with Crippen molar-refractivity contribution in [2.24, 2.45) is 10.9 Å². The molecular formula is C18H30N4O. The number of nitrogens with one attached hydrogen (secondary N) is 1. The predicted octanol–water partition coefficient (Wildman–Crippen LogP) is 2.66. The number of nitrogens with zero attached hydrogens (tertiary/aromatic N) is 3. The molecule has 23 heavy (non-hydrogen) atoms. The number of urea groups is 1. The minimum atomic E-state index is 0.0430. The Balaban J connectivity index is 1.89. The van der Waals surface area contributed by atoms with Crippen LogP contribution in [0.3, 0.4) is 0 Å². The summed E-state index contributed by atoms with van der Waals surface area (Å²) in [4.78, 5) is 20.9. The van der Waals surface area contributed by atoms with Crippen LogP contribution in [0.5, 0.6) is 0 Å². The zero-order valence-electron chi connectivity index (χ0n) is 14.5. The van der Waals surface area contributed by atoms with E-state index >= 15 is 0 Å². The van der Waals surface area contributed by atoms with Gasteiger partial charge in [0.2, 0.25) is 0 Å². The van der Waals surface area contributed by atoms with Gasteiger partial charge in [-0.25, -0.2) is 4.79 Å². The Morgan fingerprint density at radius 1 is 1.30 bits per heavy atom. The lowest BCUT2D eigenvalue weighted by atomic mass is 9.88. The summed E-state index contributed by atoms with van der Waals surface area (Å²) in [6.45, 7) is 9.11. The first kappa shape index (κ1) is 17.7. The maximum Gasteiger partial charge on any atom is 0.317 e. The molecule has 2 saturated heterocycles. The second kappa shape index (κ2) is 8.87. The highest BCUT2D eigenvalue weighted by Gasteiger charge is 2.35. The van der Waals surface area contributed by atoms with Gasteiger partial charge >= 0.3 is 6.03 Å². The quantitative estimate of drug-likeness (QED) is 0.626. The summed E-state index contributed by atoms with van der Waals surface area (Å²) >= 11 is 0. The van der Waals surface area contributed by atoms with Gasteiger partial charge in [0.25, 0.3) is 0 Å². The molecule has 0 unspecified atom stereocenters. The van der Waals surface area contributed by atoms with Gasteiger partial charge < -0.3 is 15.1 Å². The number of amides is 2. The van der Waals surface area contributed by atoms with Gasteiger partial charge in [0, 0.05) is 12.6 Å². The molecule has 128 valence electrons. The summed E-state index contributed by atoms with van der Waals surface area (Å²) in [5.74, 6) is 0.648. The third-order valence-corrected chi connectivity index (χ3v) is 4.97. The van der Waals surface area contributed by atoms with Crippen LogP contribution < -0.4 is 5.32 Å². The van der Waals surface area contributed by atoms with Crippen molar-refractivity contribution in [3.63, 3.8) is 0 Å². The molecule has 0 aromatic heterocycles. The zero-order valence-corrected chi connectivity index (χ0v) is 14.5. The van der Waals surface area contributed by atoms with Gasteiger partial charge in [0.1, 0.15) is 0 Å². The van der Waals surface area contributed by atoms with Crippen molar-refractivity contribution in [1.29, 1.82) is 0 Å². The van der Waals surface area contributed by atoms with Crippen molar-refractivity contribution >= 4 is 12.7 Å². The number of hydrogen-bond donors (Lipinski definition) is 1. The van der Waals surface area contributed by atoms with E-state index in [1.54, 1.807) is 0 Å². The molecule has 2 heterocycles. The number of rotatable bonds is 5. The van der Waals surface area contributed by atoms with E-state index in [0.717, 1.165) is 38.2 Å². The highest BCUT2D eigenvalue weighted by atomic mass is 16.2. The van der Waals surface area contributed by atoms with Crippen LogP contribution in [0.15, 0.2) is 28.9 Å². The highest BCUT2D eigenvalue weighted by molar-refractivity contribution is 5.75. The SMILES string of the molecule is C=N/C(=C\C=C/C)CNC(=O)N1CCC[C@H]1C1CCN(C)CC1. The molecule has 2 aliphatic rings. The molecule has 0 bridgehead atoms. The molecule has 5 heteroatoms. The lowest BCUT2D eigenvalue weighted by Crippen LogP contribution is -2.48. The van der Waals surface area contributed by atoms with Gasteiger partial charge in [-0.3, -0.25) is 4.99 Å². The average Bonchev–Trinajstić information content (AvgIpc) is 3.05. The van der Waals surface area contributed by atoms with Crippen molar-refractivity contribution in [1.82, 2.24) is 15.1 Å². The number of piperidine rings is 1. The summed E-state index contributed by atoms with van der Waals surface area (Å²) in [5, 5.41) is 3.00. The second-order valence-corrected chi connectivity index (χ2v) is 6.54. The van der Waals surface area contributed by atoms with Gasteiger partial charge in [0.05, 0.1) is 12.2 Å². The second-order valence-electron chi connectivity index (χ2n) is 6.54. The Kier molecular flexibility index (Phi) is 6.84. The number of carbonyl (C=O) groups excluding carboxylic acids is 1. The number of hydrogen-bond acceptors (Lipinski definition) is 3. The van der Waals surface area contributed by atoms with Crippen LogP contribution in [0.2, 0.25) is 0 Å². The molecule has 0 saturated carbocycles. The molecule has 2 amide bonds. The fraction of sp³-hybridized carbons (Fsp3) is 0.667. The Labute approximate surface area is 140 Å². The van der Waals surface area contributed by atoms with Crippen molar-refractivity contribution < 1.29 is 4.79 Å². The highest BCUT2D eigenvalue weighted by Crippen LogP contribution is 2.30. The summed E-state index contributed by atoms with van der Waals surface area (Å²) in [7, 11) is 2.18. The van der Waals surface area contributed by atoms with Crippen molar-refractivity contribution in [3.05, 3.63) is 23.9 Å². The van der Waals surface area contributed by atoms with Gasteiger partial charge in [-0.2, -0.15) is 0 Å². The van der Waals surface area contributed by atoms with E-state index in [1.807, 2.05) is 30.1 Å². The van der Waals surface area contributed by atoms with Gasteiger partial charge in [-0.1, -0.05) is 12.2 Å². The lowest BCUT2D eigenvalue weighted by Gasteiger charge is -2.36. The van der Waals surface area contributed by atoms with E-state index in [-0.39, 0.29) is 6.03 Å². The van der Waals surface area contributed by atoms with E-state index in [4.69, 9.17) is 0 Å². The third kappa shape index (κ3) is 4.93. The molecule has 2 aliphatic heterocycles. The van der Waals surface area contributed by atoms with E-state index < -0.39 is 0 Å². The number of likely N-dealkylation sites (tertiary alicyclic amines) is 2. The Bertz CT molecular complexity index is 464. The van der Waals surface area contributed by atoms with Gasteiger partial charge in [-0.05, 0) is 71.5 Å². The summed E-state index contributed by atoms with van der Waals surface area (Å²) in [6.07, 6.45) is 10.4. The Morgan fingerprint density at radius 3 is 2.70 bits per heavy atom. The first-order valence-electron chi connectivity index (χ1n) is 8.67. The molecule has 0 aromatic rings. The number of aliphatic imine (C=N–C) groups is 1. The first-order chi connectivity index (χ1) is 11.2. The lowest BCUT2D eigenvalue weighted by molar-refractivity contribution is 0.132. The predicted molar refractivity (Wildman–Crippen MR) is 95.8 cm³/mol. The van der Waals surface area contributed by atoms with E-state index in [2.05, 4.69) is 29.0 Å². The maximum atomic E-state index is 12.6. The molecule has 1 N–H and O–H groups in total. The van der Waals surface area contributed by atoms with Crippen LogP contribution in [-0.2, 0) is 0 Å². The number of allylic oxidation sites excluding steroid dienone is 3. The minimum absolute atomic E-state index is 0.0430. The standard InChI is InChI=1S/C18H30N4O/c1-4-5-7-16(19-2)14-20-18(23)22-11-6-8-17(22)15-9-12-21(3)13-10-15/h4-5,7,15,17H,2,6,8-14H2,1,3H3,(H,20,23)/b5-4-,16-7-/t17-/m0/s1. The topological polar surface area (TPSA) is 47.9 Å². The minimum Gasteiger partial charge on any atom is -0.332 e. The van der Waals surface area contributed by atoms with Crippen LogP contribution in [-0.4, -0.2) is 61.8 Å². The van der Waals surface area contributed by atoms with Crippen LogP contribution in [0.25, 0.3) is 0 Å². The van der Waals surface area contributed by atoms with Crippen molar-refractivity contribution in [2.45, 2.75) is 38.6 Å². The van der Waals surface area contributed by atoms with Crippen LogP contribution in [0, 0.1) is 5.92 Å². The Morgan fingerprint density at radius 2 is 2.04 bits per heavy atom. The van der Waals surface area contributed by atoms with Crippen LogP contribution in [0.4, 0.5) is 4.79 Å². The van der Waals surface area contributed by atoms with Crippen molar-refractivity contribution in [3.8, 4) is 0 Å². The smallest absolute Gasteiger partial charge is 0.317 e. The van der Waals surface area contributed by atoms with Crippen molar-refractivity contribution in [2.75, 3.05) is 33.2 Å².